The molecule has 0 fully saturated rings. The molecule has 27 heavy (non-hydrogen) atoms. The van der Waals surface area contributed by atoms with Crippen LogP contribution in [0.15, 0.2) is 40.3 Å². The lowest BCUT2D eigenvalue weighted by atomic mass is 10.2. The summed E-state index contributed by atoms with van der Waals surface area (Å²) >= 11 is 3.15. The van der Waals surface area contributed by atoms with Gasteiger partial charge in [-0.1, -0.05) is 0 Å². The fourth-order valence-corrected chi connectivity index (χ4v) is 5.39. The summed E-state index contributed by atoms with van der Waals surface area (Å²) in [6.45, 7) is 1.97. The van der Waals surface area contributed by atoms with Gasteiger partial charge in [-0.25, -0.2) is 9.97 Å². The van der Waals surface area contributed by atoms with Gasteiger partial charge >= 0.3 is 0 Å². The van der Waals surface area contributed by atoms with Crippen LogP contribution in [0, 0.1) is 6.92 Å². The quantitative estimate of drug-likeness (QED) is 0.556. The summed E-state index contributed by atoms with van der Waals surface area (Å²) in [5, 5.41) is 4.26. The first-order valence-electron chi connectivity index (χ1n) is 8.53. The van der Waals surface area contributed by atoms with Crippen LogP contribution in [-0.2, 0) is 0 Å². The van der Waals surface area contributed by atoms with E-state index in [-0.39, 0.29) is 5.56 Å². The number of nitrogens with one attached hydrogen (secondary N) is 1. The van der Waals surface area contributed by atoms with Gasteiger partial charge in [-0.2, -0.15) is 0 Å². The zero-order chi connectivity index (χ0) is 18.7. The highest BCUT2D eigenvalue weighted by Gasteiger charge is 2.18. The third-order valence-corrected chi connectivity index (χ3v) is 6.67. The van der Waals surface area contributed by atoms with Gasteiger partial charge in [-0.3, -0.25) is 9.36 Å². The lowest BCUT2D eigenvalue weighted by Gasteiger charge is -2.14. The van der Waals surface area contributed by atoms with Gasteiger partial charge in [0, 0.05) is 30.4 Å². The molecule has 4 aromatic rings. The monoisotopic (exact) mass is 395 g/mol. The van der Waals surface area contributed by atoms with Crippen LogP contribution in [0.2, 0.25) is 0 Å². The number of anilines is 2. The highest BCUT2D eigenvalue weighted by atomic mass is 32.2. The maximum absolute atomic E-state index is 13.2. The van der Waals surface area contributed by atoms with Crippen LogP contribution < -0.4 is 15.8 Å². The molecule has 0 unspecified atom stereocenters. The van der Waals surface area contributed by atoms with Crippen molar-refractivity contribution in [2.24, 2.45) is 0 Å². The molecule has 5 rings (SSSR count). The van der Waals surface area contributed by atoms with Crippen molar-refractivity contribution in [3.05, 3.63) is 46.6 Å². The van der Waals surface area contributed by atoms with Crippen LogP contribution in [0.4, 0.5) is 11.4 Å². The molecule has 3 aromatic heterocycles. The summed E-state index contributed by atoms with van der Waals surface area (Å²) < 4.78 is 2.26. The largest absolute Gasteiger partial charge is 0.377 e. The highest BCUT2D eigenvalue weighted by molar-refractivity contribution is 7.99. The number of hydrogen-bond acceptors (Lipinski definition) is 7. The number of aromatic nitrogens is 3. The van der Waals surface area contributed by atoms with E-state index in [1.807, 2.05) is 50.2 Å². The number of rotatable bonds is 2. The summed E-state index contributed by atoms with van der Waals surface area (Å²) in [5.41, 5.74) is 4.59. The Bertz CT molecular complexity index is 1270. The molecule has 6 nitrogen and oxygen atoms in total. The topological polar surface area (TPSA) is 63.1 Å². The summed E-state index contributed by atoms with van der Waals surface area (Å²) in [4.78, 5) is 26.6. The number of aryl methyl sites for hydroxylation is 1. The molecule has 0 spiro atoms. The number of pyridine rings is 1. The van der Waals surface area contributed by atoms with Gasteiger partial charge < -0.3 is 10.2 Å². The molecule has 4 heterocycles. The Hall–Kier alpha value is -2.58. The third kappa shape index (κ3) is 2.51. The van der Waals surface area contributed by atoms with Gasteiger partial charge in [-0.05, 0) is 31.2 Å². The fraction of sp³-hybridized carbons (Fsp3) is 0.211. The Morgan fingerprint density at radius 2 is 2.11 bits per heavy atom. The minimum absolute atomic E-state index is 0.0544. The Balaban J connectivity index is 1.78. The van der Waals surface area contributed by atoms with E-state index in [9.17, 15) is 4.79 Å². The van der Waals surface area contributed by atoms with Gasteiger partial charge in [-0.15, -0.1) is 23.1 Å². The molecule has 0 atom stereocenters. The van der Waals surface area contributed by atoms with Gasteiger partial charge in [0.05, 0.1) is 22.6 Å². The Labute approximate surface area is 163 Å². The number of benzene rings is 1. The summed E-state index contributed by atoms with van der Waals surface area (Å²) in [5.74, 6) is 0.861. The fourth-order valence-electron chi connectivity index (χ4n) is 3.38. The van der Waals surface area contributed by atoms with E-state index in [1.54, 1.807) is 22.7 Å². The van der Waals surface area contributed by atoms with Crippen LogP contribution in [0.25, 0.3) is 26.1 Å². The first kappa shape index (κ1) is 16.6. The van der Waals surface area contributed by atoms with E-state index in [1.165, 1.54) is 11.3 Å². The van der Waals surface area contributed by atoms with Crippen molar-refractivity contribution in [2.45, 2.75) is 11.8 Å². The Morgan fingerprint density at radius 1 is 1.26 bits per heavy atom. The SMILES string of the molecule is Cc1cc(N(C)C)c2c(n1)sc1c(=O)n(-c3ccc4c(c3)SCN4)cnc12. The average molecular weight is 396 g/mol. The molecule has 1 aromatic carbocycles. The second-order valence-corrected chi connectivity index (χ2v) is 8.72. The van der Waals surface area contributed by atoms with Crippen molar-refractivity contribution in [1.82, 2.24) is 14.5 Å². The summed E-state index contributed by atoms with van der Waals surface area (Å²) in [7, 11) is 3.99. The minimum atomic E-state index is -0.0544. The molecule has 0 saturated heterocycles. The number of thiophene rings is 1. The van der Waals surface area contributed by atoms with Gasteiger partial charge in [0.15, 0.2) is 0 Å². The second-order valence-electron chi connectivity index (χ2n) is 6.70. The van der Waals surface area contributed by atoms with E-state index in [0.717, 1.165) is 49.3 Å². The van der Waals surface area contributed by atoms with Crippen LogP contribution in [0.3, 0.4) is 0 Å². The van der Waals surface area contributed by atoms with Crippen molar-refractivity contribution < 1.29 is 0 Å². The highest BCUT2D eigenvalue weighted by Crippen LogP contribution is 2.37. The third-order valence-electron chi connectivity index (χ3n) is 4.67. The first-order chi connectivity index (χ1) is 13.0. The van der Waals surface area contributed by atoms with Crippen LogP contribution in [0.1, 0.15) is 5.69 Å². The van der Waals surface area contributed by atoms with Crippen molar-refractivity contribution in [1.29, 1.82) is 0 Å². The molecule has 0 aliphatic carbocycles. The van der Waals surface area contributed by atoms with Crippen LogP contribution in [0.5, 0.6) is 0 Å². The van der Waals surface area contributed by atoms with Gasteiger partial charge in [0.1, 0.15) is 21.4 Å². The molecule has 1 aliphatic heterocycles. The van der Waals surface area contributed by atoms with Crippen molar-refractivity contribution in [3.63, 3.8) is 0 Å². The Kier molecular flexibility index (Phi) is 3.66. The van der Waals surface area contributed by atoms with E-state index < -0.39 is 0 Å². The molecular formula is C19H17N5OS2. The molecular weight excluding hydrogens is 378 g/mol. The average Bonchev–Trinajstić information content (AvgIpc) is 3.25. The lowest BCUT2D eigenvalue weighted by molar-refractivity contribution is 0.963. The standard InChI is InChI=1S/C19H17N5OS2/c1-10-6-13(23(2)3)15-16-17(27-18(15)22-10)19(25)24(8-20-16)11-4-5-12-14(7-11)26-9-21-12/h4-8,21H,9H2,1-3H3. The number of nitrogens with zero attached hydrogens (tertiary/aromatic N) is 4. The van der Waals surface area contributed by atoms with E-state index in [0.29, 0.717) is 4.70 Å². The minimum Gasteiger partial charge on any atom is -0.377 e. The number of hydrogen-bond donors (Lipinski definition) is 1. The van der Waals surface area contributed by atoms with Crippen molar-refractivity contribution in [3.8, 4) is 5.69 Å². The normalized spacial score (nSPS) is 13.1. The molecule has 8 heteroatoms. The molecule has 136 valence electrons. The predicted molar refractivity (Wildman–Crippen MR) is 114 cm³/mol. The molecule has 0 amide bonds. The zero-order valence-corrected chi connectivity index (χ0v) is 16.7. The second kappa shape index (κ2) is 5.97. The lowest BCUT2D eigenvalue weighted by Crippen LogP contribution is -2.17. The Morgan fingerprint density at radius 3 is 2.93 bits per heavy atom. The van der Waals surface area contributed by atoms with Crippen molar-refractivity contribution >= 4 is 54.9 Å². The van der Waals surface area contributed by atoms with Crippen LogP contribution in [-0.4, -0.2) is 34.5 Å². The number of fused-ring (bicyclic) bond motifs is 4. The molecule has 0 saturated carbocycles. The van der Waals surface area contributed by atoms with E-state index in [2.05, 4.69) is 15.3 Å². The van der Waals surface area contributed by atoms with Gasteiger partial charge in [0.2, 0.25) is 0 Å². The maximum atomic E-state index is 13.2. The van der Waals surface area contributed by atoms with Crippen molar-refractivity contribution in [2.75, 3.05) is 30.2 Å². The summed E-state index contributed by atoms with van der Waals surface area (Å²) in [6.07, 6.45) is 1.63. The number of thioether (sulfide) groups is 1. The van der Waals surface area contributed by atoms with E-state index >= 15 is 0 Å². The predicted octanol–water partition coefficient (Wildman–Crippen LogP) is 3.84. The molecule has 0 radical (unpaired) electrons. The zero-order valence-electron chi connectivity index (χ0n) is 15.1. The smallest absolute Gasteiger partial charge is 0.275 e. The molecule has 1 N–H and O–H groups in total. The first-order valence-corrected chi connectivity index (χ1v) is 10.3. The summed E-state index contributed by atoms with van der Waals surface area (Å²) in [6, 6.07) is 8.04. The van der Waals surface area contributed by atoms with Gasteiger partial charge in [0.25, 0.3) is 5.56 Å². The van der Waals surface area contributed by atoms with Crippen LogP contribution >= 0.6 is 23.1 Å². The van der Waals surface area contributed by atoms with E-state index in [4.69, 9.17) is 0 Å². The molecule has 0 bridgehead atoms. The maximum Gasteiger partial charge on any atom is 0.275 e. The molecule has 1 aliphatic rings.